The Kier molecular flexibility index (Phi) is 12.3. The number of nitrogens with one attached hydrogen (secondary N) is 4. The van der Waals surface area contributed by atoms with E-state index in [9.17, 15) is 9.59 Å². The summed E-state index contributed by atoms with van der Waals surface area (Å²) >= 11 is 0. The second-order valence-electron chi connectivity index (χ2n) is 7.95. The van der Waals surface area contributed by atoms with Gasteiger partial charge >= 0.3 is 6.03 Å². The van der Waals surface area contributed by atoms with Crippen molar-refractivity contribution in [3.63, 3.8) is 0 Å². The number of rotatable bonds is 8. The lowest BCUT2D eigenvalue weighted by atomic mass is 10.1. The number of hydrogen-bond donors (Lipinski definition) is 4. The molecule has 4 N–H and O–H groups in total. The third-order valence-electron chi connectivity index (χ3n) is 4.60. The highest BCUT2D eigenvalue weighted by Crippen LogP contribution is 2.10. The summed E-state index contributed by atoms with van der Waals surface area (Å²) in [5, 5.41) is 12.2. The average Bonchev–Trinajstić information content (AvgIpc) is 2.76. The number of carbonyl (C=O) groups is 2. The summed E-state index contributed by atoms with van der Waals surface area (Å²) in [5.41, 5.74) is 3.59. The van der Waals surface area contributed by atoms with Gasteiger partial charge in [-0.2, -0.15) is 0 Å². The standard InChI is InChI=1S/C24H34N6O2.HI/c1-17(2)28-24(32)29-21-11-9-19(10-12-21)16-27-23(25-3)26-14-13-18-7-6-8-20(15-18)22(31)30(4)5;/h6-12,15,17H,13-14,16H2,1-5H3,(H2,25,26,27)(H2,28,29,32);1H. The SMILES string of the molecule is CN=C(NCCc1cccc(C(=O)N(C)C)c1)NCc1ccc(NC(=O)NC(C)C)cc1.I. The van der Waals surface area contributed by atoms with Gasteiger partial charge in [0.05, 0.1) is 0 Å². The summed E-state index contributed by atoms with van der Waals surface area (Å²) in [6.45, 7) is 5.12. The predicted octanol–water partition coefficient (Wildman–Crippen LogP) is 3.44. The molecule has 0 bridgehead atoms. The molecule has 2 rings (SSSR count). The lowest BCUT2D eigenvalue weighted by Crippen LogP contribution is -2.37. The van der Waals surface area contributed by atoms with Crippen molar-refractivity contribution in [2.24, 2.45) is 4.99 Å². The maximum Gasteiger partial charge on any atom is 0.319 e. The fourth-order valence-electron chi connectivity index (χ4n) is 2.99. The molecule has 0 unspecified atom stereocenters. The first kappa shape index (κ1) is 28.2. The monoisotopic (exact) mass is 566 g/mol. The smallest absolute Gasteiger partial charge is 0.319 e. The van der Waals surface area contributed by atoms with Crippen LogP contribution in [0.5, 0.6) is 0 Å². The molecule has 2 aromatic rings. The van der Waals surface area contributed by atoms with Gasteiger partial charge in [-0.3, -0.25) is 9.79 Å². The molecule has 8 nitrogen and oxygen atoms in total. The Morgan fingerprint density at radius 3 is 2.30 bits per heavy atom. The number of anilines is 1. The van der Waals surface area contributed by atoms with Gasteiger partial charge in [0, 0.05) is 51.5 Å². The van der Waals surface area contributed by atoms with Crippen LogP contribution in [0.15, 0.2) is 53.5 Å². The Labute approximate surface area is 213 Å². The third kappa shape index (κ3) is 10.1. The number of benzene rings is 2. The number of aliphatic imine (C=N–C) groups is 1. The number of urea groups is 1. The Hall–Kier alpha value is -2.82. The Morgan fingerprint density at radius 1 is 1.00 bits per heavy atom. The van der Waals surface area contributed by atoms with Gasteiger partial charge in [-0.05, 0) is 55.7 Å². The van der Waals surface area contributed by atoms with Gasteiger partial charge in [-0.15, -0.1) is 24.0 Å². The van der Waals surface area contributed by atoms with E-state index in [-0.39, 0.29) is 42.0 Å². The van der Waals surface area contributed by atoms with Crippen molar-refractivity contribution in [3.05, 3.63) is 65.2 Å². The molecule has 0 saturated heterocycles. The predicted molar refractivity (Wildman–Crippen MR) is 146 cm³/mol. The van der Waals surface area contributed by atoms with Crippen molar-refractivity contribution < 1.29 is 9.59 Å². The Balaban J connectivity index is 0.00000544. The van der Waals surface area contributed by atoms with Crippen LogP contribution in [-0.4, -0.2) is 56.5 Å². The third-order valence-corrected chi connectivity index (χ3v) is 4.60. The zero-order chi connectivity index (χ0) is 23.5. The van der Waals surface area contributed by atoms with Crippen LogP contribution in [0, 0.1) is 0 Å². The van der Waals surface area contributed by atoms with Gasteiger partial charge in [0.25, 0.3) is 5.91 Å². The summed E-state index contributed by atoms with van der Waals surface area (Å²) in [6, 6.07) is 15.2. The van der Waals surface area contributed by atoms with E-state index < -0.39 is 0 Å². The average molecular weight is 566 g/mol. The van der Waals surface area contributed by atoms with Gasteiger partial charge in [0.15, 0.2) is 5.96 Å². The second kappa shape index (κ2) is 14.4. The van der Waals surface area contributed by atoms with E-state index >= 15 is 0 Å². The number of hydrogen-bond acceptors (Lipinski definition) is 3. The summed E-state index contributed by atoms with van der Waals surface area (Å²) in [6.07, 6.45) is 0.772. The zero-order valence-corrected chi connectivity index (χ0v) is 22.3. The van der Waals surface area contributed by atoms with Crippen LogP contribution >= 0.6 is 24.0 Å². The highest BCUT2D eigenvalue weighted by atomic mass is 127. The molecule has 0 aliphatic carbocycles. The van der Waals surface area contributed by atoms with Crippen molar-refractivity contribution in [1.29, 1.82) is 0 Å². The van der Waals surface area contributed by atoms with Crippen LogP contribution < -0.4 is 21.3 Å². The van der Waals surface area contributed by atoms with Gasteiger partial charge in [0.2, 0.25) is 0 Å². The first-order chi connectivity index (χ1) is 15.3. The molecule has 0 radical (unpaired) electrons. The molecule has 9 heteroatoms. The topological polar surface area (TPSA) is 97.9 Å². The quantitative estimate of drug-likeness (QED) is 0.224. The fraction of sp³-hybridized carbons (Fsp3) is 0.375. The van der Waals surface area contributed by atoms with Crippen molar-refractivity contribution in [2.45, 2.75) is 32.9 Å². The molecule has 2 aromatic carbocycles. The summed E-state index contributed by atoms with van der Waals surface area (Å²) in [7, 11) is 5.23. The van der Waals surface area contributed by atoms with Gasteiger partial charge < -0.3 is 26.2 Å². The maximum absolute atomic E-state index is 12.1. The van der Waals surface area contributed by atoms with Gasteiger partial charge in [-0.25, -0.2) is 4.79 Å². The maximum atomic E-state index is 12.1. The van der Waals surface area contributed by atoms with Crippen molar-refractivity contribution in [1.82, 2.24) is 20.9 Å². The number of halogens is 1. The van der Waals surface area contributed by atoms with Crippen LogP contribution in [0.25, 0.3) is 0 Å². The normalized spacial score (nSPS) is 10.8. The minimum absolute atomic E-state index is 0. The number of carbonyl (C=O) groups excluding carboxylic acids is 2. The van der Waals surface area contributed by atoms with E-state index in [1.807, 2.05) is 62.4 Å². The molecule has 33 heavy (non-hydrogen) atoms. The second-order valence-corrected chi connectivity index (χ2v) is 7.95. The van der Waals surface area contributed by atoms with E-state index in [1.54, 1.807) is 26.0 Å². The van der Waals surface area contributed by atoms with Crippen LogP contribution in [0.3, 0.4) is 0 Å². The minimum Gasteiger partial charge on any atom is -0.356 e. The molecule has 0 aliphatic heterocycles. The molecule has 0 spiro atoms. The Morgan fingerprint density at radius 2 is 1.70 bits per heavy atom. The molecule has 0 aromatic heterocycles. The van der Waals surface area contributed by atoms with Crippen LogP contribution in [0.2, 0.25) is 0 Å². The summed E-state index contributed by atoms with van der Waals surface area (Å²) in [5.74, 6) is 0.697. The van der Waals surface area contributed by atoms with Gasteiger partial charge in [0.1, 0.15) is 0 Å². The van der Waals surface area contributed by atoms with Crippen molar-refractivity contribution in [2.75, 3.05) is 33.0 Å². The molecular weight excluding hydrogens is 531 g/mol. The van der Waals surface area contributed by atoms with E-state index in [1.165, 1.54) is 0 Å². The van der Waals surface area contributed by atoms with E-state index in [4.69, 9.17) is 0 Å². The number of amides is 3. The van der Waals surface area contributed by atoms with Crippen molar-refractivity contribution in [3.8, 4) is 0 Å². The molecule has 180 valence electrons. The molecular formula is C24H35IN6O2. The summed E-state index contributed by atoms with van der Waals surface area (Å²) in [4.78, 5) is 29.7. The molecule has 0 saturated carbocycles. The zero-order valence-electron chi connectivity index (χ0n) is 19.9. The van der Waals surface area contributed by atoms with Gasteiger partial charge in [-0.1, -0.05) is 24.3 Å². The van der Waals surface area contributed by atoms with Crippen LogP contribution in [-0.2, 0) is 13.0 Å². The lowest BCUT2D eigenvalue weighted by Gasteiger charge is -2.14. The lowest BCUT2D eigenvalue weighted by molar-refractivity contribution is 0.0827. The fourth-order valence-corrected chi connectivity index (χ4v) is 2.99. The molecule has 0 fully saturated rings. The number of nitrogens with zero attached hydrogens (tertiary/aromatic N) is 2. The van der Waals surface area contributed by atoms with Crippen LogP contribution in [0.1, 0.15) is 35.3 Å². The van der Waals surface area contributed by atoms with E-state index in [0.29, 0.717) is 24.6 Å². The highest BCUT2D eigenvalue weighted by Gasteiger charge is 2.08. The molecule has 0 aliphatic rings. The molecule has 0 heterocycles. The molecule has 0 atom stereocenters. The first-order valence-electron chi connectivity index (χ1n) is 10.7. The highest BCUT2D eigenvalue weighted by molar-refractivity contribution is 14.0. The largest absolute Gasteiger partial charge is 0.356 e. The van der Waals surface area contributed by atoms with E-state index in [0.717, 1.165) is 23.2 Å². The number of guanidine groups is 1. The Bertz CT molecular complexity index is 929. The molecule has 3 amide bonds. The van der Waals surface area contributed by atoms with Crippen LogP contribution in [0.4, 0.5) is 10.5 Å². The summed E-state index contributed by atoms with van der Waals surface area (Å²) < 4.78 is 0. The minimum atomic E-state index is -0.216. The van der Waals surface area contributed by atoms with E-state index in [2.05, 4.69) is 26.3 Å². The first-order valence-corrected chi connectivity index (χ1v) is 10.7. The van der Waals surface area contributed by atoms with Crippen molar-refractivity contribution >= 4 is 47.6 Å².